The van der Waals surface area contributed by atoms with Crippen molar-refractivity contribution < 1.29 is 14.6 Å². The van der Waals surface area contributed by atoms with Gasteiger partial charge in [0.1, 0.15) is 5.75 Å². The van der Waals surface area contributed by atoms with Gasteiger partial charge in [0, 0.05) is 16.7 Å². The largest absolute Gasteiger partial charge is 0.494 e. The lowest BCUT2D eigenvalue weighted by Crippen LogP contribution is -2.33. The summed E-state index contributed by atoms with van der Waals surface area (Å²) in [7, 11) is 0. The summed E-state index contributed by atoms with van der Waals surface area (Å²) in [6.45, 7) is 4.44. The second kappa shape index (κ2) is 6.94. The molecule has 2 N–H and O–H groups in total. The highest BCUT2D eigenvalue weighted by Gasteiger charge is 2.39. The van der Waals surface area contributed by atoms with Gasteiger partial charge in [-0.15, -0.1) is 0 Å². The van der Waals surface area contributed by atoms with Crippen molar-refractivity contribution in [2.45, 2.75) is 52.6 Å². The minimum absolute atomic E-state index is 0.0992. The molecule has 1 saturated carbocycles. The Hall–Kier alpha value is -1.55. The quantitative estimate of drug-likeness (QED) is 0.843. The first-order valence-electron chi connectivity index (χ1n) is 7.83. The zero-order chi connectivity index (χ0) is 15.3. The maximum Gasteiger partial charge on any atom is 0.230 e. The van der Waals surface area contributed by atoms with Crippen LogP contribution in [0.25, 0.3) is 0 Å². The van der Waals surface area contributed by atoms with Gasteiger partial charge < -0.3 is 15.2 Å². The molecule has 0 aliphatic heterocycles. The molecule has 0 atom stereocenters. The van der Waals surface area contributed by atoms with Crippen LogP contribution in [0.5, 0.6) is 5.75 Å². The maximum absolute atomic E-state index is 12.6. The van der Waals surface area contributed by atoms with E-state index < -0.39 is 0 Å². The van der Waals surface area contributed by atoms with E-state index in [4.69, 9.17) is 4.74 Å². The van der Waals surface area contributed by atoms with Gasteiger partial charge in [-0.05, 0) is 44.4 Å². The van der Waals surface area contributed by atoms with Crippen molar-refractivity contribution in [3.8, 4) is 5.75 Å². The molecule has 0 radical (unpaired) electrons. The van der Waals surface area contributed by atoms with Gasteiger partial charge in [-0.3, -0.25) is 4.79 Å². The number of nitrogens with one attached hydrogen (secondary N) is 1. The molecule has 2 rings (SSSR count). The average Bonchev–Trinajstić information content (AvgIpc) is 2.99. The Morgan fingerprint density at radius 2 is 2.05 bits per heavy atom. The number of anilines is 1. The van der Waals surface area contributed by atoms with Crippen LogP contribution in [-0.2, 0) is 11.4 Å². The first-order valence-corrected chi connectivity index (χ1v) is 7.83. The Kier molecular flexibility index (Phi) is 5.23. The van der Waals surface area contributed by atoms with E-state index in [1.165, 1.54) is 0 Å². The minimum atomic E-state index is -0.210. The summed E-state index contributed by atoms with van der Waals surface area (Å²) in [4.78, 5) is 12.6. The van der Waals surface area contributed by atoms with E-state index in [1.54, 1.807) is 12.1 Å². The number of aliphatic hydroxyl groups is 1. The van der Waals surface area contributed by atoms with E-state index in [-0.39, 0.29) is 17.9 Å². The molecule has 1 aliphatic rings. The minimum Gasteiger partial charge on any atom is -0.494 e. The van der Waals surface area contributed by atoms with Gasteiger partial charge in [-0.2, -0.15) is 0 Å². The van der Waals surface area contributed by atoms with Crippen LogP contribution in [0.15, 0.2) is 18.2 Å². The monoisotopic (exact) mass is 291 g/mol. The van der Waals surface area contributed by atoms with Gasteiger partial charge >= 0.3 is 0 Å². The predicted molar refractivity (Wildman–Crippen MR) is 83.4 cm³/mol. The molecule has 0 heterocycles. The number of carbonyl (C=O) groups is 1. The average molecular weight is 291 g/mol. The van der Waals surface area contributed by atoms with Crippen molar-refractivity contribution in [3.63, 3.8) is 0 Å². The normalized spacial score (nSPS) is 16.7. The summed E-state index contributed by atoms with van der Waals surface area (Å²) in [6.07, 6.45) is 5.08. The molecule has 0 unspecified atom stereocenters. The Morgan fingerprint density at radius 1 is 1.33 bits per heavy atom. The number of benzene rings is 1. The summed E-state index contributed by atoms with van der Waals surface area (Å²) in [6, 6.07) is 5.43. The lowest BCUT2D eigenvalue weighted by atomic mass is 9.82. The highest BCUT2D eigenvalue weighted by Crippen LogP contribution is 2.42. The Bertz CT molecular complexity index is 493. The van der Waals surface area contributed by atoms with Gasteiger partial charge in [0.25, 0.3) is 0 Å². The summed E-state index contributed by atoms with van der Waals surface area (Å²) in [5.41, 5.74) is 1.22. The van der Waals surface area contributed by atoms with Crippen molar-refractivity contribution >= 4 is 11.6 Å². The van der Waals surface area contributed by atoms with Gasteiger partial charge in [-0.1, -0.05) is 19.8 Å². The van der Waals surface area contributed by atoms with Crippen LogP contribution in [0.4, 0.5) is 5.69 Å². The van der Waals surface area contributed by atoms with Crippen LogP contribution in [0.1, 0.15) is 51.5 Å². The fourth-order valence-electron chi connectivity index (χ4n) is 3.13. The highest BCUT2D eigenvalue weighted by atomic mass is 16.5. The van der Waals surface area contributed by atoms with Gasteiger partial charge in [0.15, 0.2) is 0 Å². The molecule has 0 aromatic heterocycles. The summed E-state index contributed by atoms with van der Waals surface area (Å²) in [5, 5.41) is 12.4. The van der Waals surface area contributed by atoms with Crippen LogP contribution >= 0.6 is 0 Å². The third-order valence-corrected chi connectivity index (χ3v) is 4.51. The lowest BCUT2D eigenvalue weighted by Gasteiger charge is -2.26. The Balaban J connectivity index is 2.14. The zero-order valence-electron chi connectivity index (χ0n) is 12.9. The van der Waals surface area contributed by atoms with Crippen LogP contribution < -0.4 is 10.1 Å². The molecule has 0 saturated heterocycles. The Morgan fingerprint density at radius 3 is 2.62 bits per heavy atom. The van der Waals surface area contributed by atoms with E-state index in [0.29, 0.717) is 17.9 Å². The number of hydrogen-bond donors (Lipinski definition) is 2. The number of hydrogen-bond acceptors (Lipinski definition) is 3. The van der Waals surface area contributed by atoms with Crippen molar-refractivity contribution in [1.82, 2.24) is 0 Å². The molecule has 0 bridgehead atoms. The van der Waals surface area contributed by atoms with E-state index in [9.17, 15) is 9.90 Å². The predicted octanol–water partition coefficient (Wildman–Crippen LogP) is 3.49. The van der Waals surface area contributed by atoms with E-state index in [1.807, 2.05) is 13.0 Å². The van der Waals surface area contributed by atoms with E-state index >= 15 is 0 Å². The highest BCUT2D eigenvalue weighted by molar-refractivity contribution is 5.95. The second-order valence-corrected chi connectivity index (χ2v) is 5.71. The third kappa shape index (κ3) is 3.38. The summed E-state index contributed by atoms with van der Waals surface area (Å²) >= 11 is 0. The van der Waals surface area contributed by atoms with Crippen molar-refractivity contribution in [3.05, 3.63) is 23.8 Å². The van der Waals surface area contributed by atoms with Gasteiger partial charge in [-0.25, -0.2) is 0 Å². The number of amides is 1. The number of rotatable bonds is 6. The molecule has 1 amide bonds. The molecule has 1 fully saturated rings. The number of ether oxygens (including phenoxy) is 1. The molecule has 1 aliphatic carbocycles. The molecule has 21 heavy (non-hydrogen) atoms. The van der Waals surface area contributed by atoms with Crippen LogP contribution in [0.3, 0.4) is 0 Å². The summed E-state index contributed by atoms with van der Waals surface area (Å²) in [5.74, 6) is 0.777. The van der Waals surface area contributed by atoms with Crippen molar-refractivity contribution in [2.75, 3.05) is 11.9 Å². The molecule has 4 nitrogen and oxygen atoms in total. The van der Waals surface area contributed by atoms with Crippen LogP contribution in [0, 0.1) is 5.41 Å². The third-order valence-electron chi connectivity index (χ3n) is 4.51. The molecule has 1 aromatic rings. The first kappa shape index (κ1) is 15.8. The lowest BCUT2D eigenvalue weighted by molar-refractivity contribution is -0.125. The molecular formula is C17H25NO3. The standard InChI is InChI=1S/C17H25NO3/c1-3-17(9-5-6-10-17)16(20)18-14-7-8-15(21-4-2)13(11-14)12-19/h7-8,11,19H,3-6,9-10,12H2,1-2H3,(H,18,20). The van der Waals surface area contributed by atoms with Crippen molar-refractivity contribution in [2.24, 2.45) is 5.41 Å². The topological polar surface area (TPSA) is 58.6 Å². The Labute approximate surface area is 126 Å². The van der Waals surface area contributed by atoms with Crippen LogP contribution in [0.2, 0.25) is 0 Å². The first-order chi connectivity index (χ1) is 10.1. The zero-order valence-corrected chi connectivity index (χ0v) is 12.9. The fraction of sp³-hybridized carbons (Fsp3) is 0.588. The maximum atomic E-state index is 12.6. The summed E-state index contributed by atoms with van der Waals surface area (Å²) < 4.78 is 5.46. The molecule has 0 spiro atoms. The van der Waals surface area contributed by atoms with Gasteiger partial charge in [0.05, 0.1) is 13.2 Å². The molecular weight excluding hydrogens is 266 g/mol. The van der Waals surface area contributed by atoms with Crippen molar-refractivity contribution in [1.29, 1.82) is 0 Å². The number of carbonyl (C=O) groups excluding carboxylic acids is 1. The fourth-order valence-corrected chi connectivity index (χ4v) is 3.13. The molecule has 1 aromatic carbocycles. The number of aliphatic hydroxyl groups excluding tert-OH is 1. The van der Waals surface area contributed by atoms with E-state index in [0.717, 1.165) is 37.8 Å². The van der Waals surface area contributed by atoms with Crippen LogP contribution in [-0.4, -0.2) is 17.6 Å². The molecule has 116 valence electrons. The van der Waals surface area contributed by atoms with Gasteiger partial charge in [0.2, 0.25) is 5.91 Å². The van der Waals surface area contributed by atoms with E-state index in [2.05, 4.69) is 12.2 Å². The smallest absolute Gasteiger partial charge is 0.230 e. The molecule has 4 heteroatoms. The second-order valence-electron chi connectivity index (χ2n) is 5.71. The SMILES string of the molecule is CCOc1ccc(NC(=O)C2(CC)CCCC2)cc1CO.